The molecule has 134 valence electrons. The van der Waals surface area contributed by atoms with Crippen LogP contribution in [0.15, 0.2) is 59.3 Å². The number of thioether (sulfide) groups is 1. The molecular weight excluding hydrogens is 348 g/mol. The summed E-state index contributed by atoms with van der Waals surface area (Å²) in [7, 11) is 1.81. The van der Waals surface area contributed by atoms with Crippen molar-refractivity contribution in [3.63, 3.8) is 0 Å². The Morgan fingerprint density at radius 3 is 2.62 bits per heavy atom. The fourth-order valence-corrected chi connectivity index (χ4v) is 3.42. The van der Waals surface area contributed by atoms with Crippen molar-refractivity contribution >= 4 is 17.7 Å². The number of rotatable bonds is 7. The van der Waals surface area contributed by atoms with Crippen LogP contribution in [0, 0.1) is 6.92 Å². The second-order valence-corrected chi connectivity index (χ2v) is 6.78. The minimum atomic E-state index is -0.224. The van der Waals surface area contributed by atoms with Crippen LogP contribution in [0.25, 0.3) is 0 Å². The molecule has 0 aliphatic rings. The van der Waals surface area contributed by atoms with E-state index in [1.165, 1.54) is 11.8 Å². The van der Waals surface area contributed by atoms with E-state index in [9.17, 15) is 4.79 Å². The van der Waals surface area contributed by atoms with Crippen molar-refractivity contribution in [3.8, 4) is 0 Å². The summed E-state index contributed by atoms with van der Waals surface area (Å²) in [4.78, 5) is 23.1. The van der Waals surface area contributed by atoms with Gasteiger partial charge in [0.15, 0.2) is 5.82 Å². The van der Waals surface area contributed by atoms with Crippen LogP contribution < -0.4 is 0 Å². The predicted octanol–water partition coefficient (Wildman–Crippen LogP) is 3.25. The molecule has 1 unspecified atom stereocenters. The van der Waals surface area contributed by atoms with Gasteiger partial charge >= 0.3 is 0 Å². The van der Waals surface area contributed by atoms with E-state index in [4.69, 9.17) is 4.52 Å². The average molecular weight is 368 g/mol. The molecule has 7 heteroatoms. The molecule has 0 radical (unpaired) electrons. The van der Waals surface area contributed by atoms with Crippen molar-refractivity contribution in [3.05, 3.63) is 77.7 Å². The standard InChI is InChI=1S/C19H20N4O2S/c1-14-21-17(22-25-14)12-26-13-18(24)23(2)19(15-8-4-3-5-9-15)16-10-6-7-11-20-16/h3-11,19H,12-13H2,1-2H3. The molecule has 1 amide bonds. The highest BCUT2D eigenvalue weighted by Crippen LogP contribution is 2.26. The number of amides is 1. The first-order valence-electron chi connectivity index (χ1n) is 8.23. The van der Waals surface area contributed by atoms with Crippen molar-refractivity contribution in [2.24, 2.45) is 0 Å². The molecule has 0 N–H and O–H groups in total. The average Bonchev–Trinajstić information content (AvgIpc) is 3.08. The molecule has 26 heavy (non-hydrogen) atoms. The highest BCUT2D eigenvalue weighted by Gasteiger charge is 2.24. The van der Waals surface area contributed by atoms with E-state index in [1.54, 1.807) is 18.0 Å². The lowest BCUT2D eigenvalue weighted by Gasteiger charge is -2.28. The maximum absolute atomic E-state index is 12.7. The van der Waals surface area contributed by atoms with Crippen molar-refractivity contribution in [2.75, 3.05) is 12.8 Å². The van der Waals surface area contributed by atoms with Gasteiger partial charge in [0, 0.05) is 20.2 Å². The van der Waals surface area contributed by atoms with E-state index < -0.39 is 0 Å². The highest BCUT2D eigenvalue weighted by atomic mass is 32.2. The summed E-state index contributed by atoms with van der Waals surface area (Å²) in [5.41, 5.74) is 1.87. The summed E-state index contributed by atoms with van der Waals surface area (Å²) in [6, 6.07) is 15.4. The summed E-state index contributed by atoms with van der Waals surface area (Å²) in [6.45, 7) is 1.75. The lowest BCUT2D eigenvalue weighted by Crippen LogP contribution is -2.33. The number of benzene rings is 1. The third-order valence-electron chi connectivity index (χ3n) is 3.89. The van der Waals surface area contributed by atoms with Gasteiger partial charge in [-0.1, -0.05) is 41.6 Å². The second-order valence-electron chi connectivity index (χ2n) is 5.79. The molecule has 0 aliphatic heterocycles. The number of aromatic nitrogens is 3. The molecule has 2 heterocycles. The van der Waals surface area contributed by atoms with E-state index in [-0.39, 0.29) is 11.9 Å². The van der Waals surface area contributed by atoms with E-state index in [2.05, 4.69) is 15.1 Å². The zero-order chi connectivity index (χ0) is 18.4. The summed E-state index contributed by atoms with van der Waals surface area (Å²) >= 11 is 1.47. The minimum absolute atomic E-state index is 0.0229. The Balaban J connectivity index is 1.70. The van der Waals surface area contributed by atoms with Crippen LogP contribution in [0.1, 0.15) is 29.0 Å². The lowest BCUT2D eigenvalue weighted by atomic mass is 10.0. The Morgan fingerprint density at radius 1 is 1.19 bits per heavy atom. The van der Waals surface area contributed by atoms with E-state index >= 15 is 0 Å². The van der Waals surface area contributed by atoms with Gasteiger partial charge in [0.05, 0.1) is 23.2 Å². The molecule has 0 fully saturated rings. The number of nitrogens with zero attached hydrogens (tertiary/aromatic N) is 4. The highest BCUT2D eigenvalue weighted by molar-refractivity contribution is 7.99. The number of pyridine rings is 1. The number of carbonyl (C=O) groups is 1. The molecule has 1 atom stereocenters. The van der Waals surface area contributed by atoms with Crippen LogP contribution in [0.3, 0.4) is 0 Å². The van der Waals surface area contributed by atoms with Gasteiger partial charge in [-0.05, 0) is 17.7 Å². The van der Waals surface area contributed by atoms with Crippen LogP contribution in [-0.2, 0) is 10.5 Å². The molecular formula is C19H20N4O2S. The van der Waals surface area contributed by atoms with Gasteiger partial charge in [0.25, 0.3) is 0 Å². The molecule has 0 bridgehead atoms. The van der Waals surface area contributed by atoms with Crippen molar-refractivity contribution in [2.45, 2.75) is 18.7 Å². The van der Waals surface area contributed by atoms with Crippen LogP contribution in [0.4, 0.5) is 0 Å². The molecule has 3 rings (SSSR count). The number of aryl methyl sites for hydroxylation is 1. The Bertz CT molecular complexity index is 800. The van der Waals surface area contributed by atoms with Crippen molar-refractivity contribution in [1.29, 1.82) is 0 Å². The van der Waals surface area contributed by atoms with E-state index in [0.29, 0.717) is 23.2 Å². The molecule has 0 spiro atoms. The van der Waals surface area contributed by atoms with Gasteiger partial charge in [0.1, 0.15) is 0 Å². The third kappa shape index (κ3) is 4.49. The molecule has 0 saturated carbocycles. The molecule has 2 aromatic heterocycles. The third-order valence-corrected chi connectivity index (χ3v) is 4.80. The van der Waals surface area contributed by atoms with Crippen LogP contribution >= 0.6 is 11.8 Å². The van der Waals surface area contributed by atoms with Gasteiger partial charge in [-0.3, -0.25) is 9.78 Å². The monoisotopic (exact) mass is 368 g/mol. The Labute approximate surface area is 156 Å². The topological polar surface area (TPSA) is 72.1 Å². The van der Waals surface area contributed by atoms with E-state index in [0.717, 1.165) is 11.3 Å². The maximum Gasteiger partial charge on any atom is 0.233 e. The summed E-state index contributed by atoms with van der Waals surface area (Å²) in [5.74, 6) is 2.03. The van der Waals surface area contributed by atoms with Gasteiger partial charge < -0.3 is 9.42 Å². The normalized spacial score (nSPS) is 11.9. The zero-order valence-corrected chi connectivity index (χ0v) is 15.5. The molecule has 0 saturated heterocycles. The molecule has 0 aliphatic carbocycles. The first kappa shape index (κ1) is 18.1. The predicted molar refractivity (Wildman–Crippen MR) is 100 cm³/mol. The summed E-state index contributed by atoms with van der Waals surface area (Å²) < 4.78 is 4.95. The van der Waals surface area contributed by atoms with Gasteiger partial charge in [-0.2, -0.15) is 4.98 Å². The van der Waals surface area contributed by atoms with Crippen LogP contribution in [0.2, 0.25) is 0 Å². The Hall–Kier alpha value is -2.67. The molecule has 3 aromatic rings. The number of hydrogen-bond acceptors (Lipinski definition) is 6. The first-order chi connectivity index (χ1) is 12.6. The Morgan fingerprint density at radius 2 is 1.96 bits per heavy atom. The summed E-state index contributed by atoms with van der Waals surface area (Å²) in [5, 5.41) is 3.85. The van der Waals surface area contributed by atoms with E-state index in [1.807, 2.05) is 55.6 Å². The fourth-order valence-electron chi connectivity index (χ4n) is 2.64. The van der Waals surface area contributed by atoms with Crippen LogP contribution in [0.5, 0.6) is 0 Å². The van der Waals surface area contributed by atoms with Crippen molar-refractivity contribution < 1.29 is 9.32 Å². The maximum atomic E-state index is 12.7. The minimum Gasteiger partial charge on any atom is -0.340 e. The Kier molecular flexibility index (Phi) is 6.01. The zero-order valence-electron chi connectivity index (χ0n) is 14.7. The lowest BCUT2D eigenvalue weighted by molar-refractivity contribution is -0.128. The SMILES string of the molecule is Cc1nc(CSCC(=O)N(C)C(c2ccccc2)c2ccccn2)no1. The van der Waals surface area contributed by atoms with Gasteiger partial charge in [-0.25, -0.2) is 0 Å². The van der Waals surface area contributed by atoms with Gasteiger partial charge in [-0.15, -0.1) is 11.8 Å². The smallest absolute Gasteiger partial charge is 0.233 e. The first-order valence-corrected chi connectivity index (χ1v) is 9.39. The number of hydrogen-bond donors (Lipinski definition) is 0. The largest absolute Gasteiger partial charge is 0.340 e. The summed E-state index contributed by atoms with van der Waals surface area (Å²) in [6.07, 6.45) is 1.75. The fraction of sp³-hybridized carbons (Fsp3) is 0.263. The quantitative estimate of drug-likeness (QED) is 0.637. The van der Waals surface area contributed by atoms with Crippen molar-refractivity contribution in [1.82, 2.24) is 20.0 Å². The van der Waals surface area contributed by atoms with Crippen LogP contribution in [-0.4, -0.2) is 38.7 Å². The second kappa shape index (κ2) is 8.62. The number of carbonyl (C=O) groups excluding carboxylic acids is 1. The molecule has 1 aromatic carbocycles. The molecule has 6 nitrogen and oxygen atoms in total. The van der Waals surface area contributed by atoms with Gasteiger partial charge in [0.2, 0.25) is 11.8 Å².